The van der Waals surface area contributed by atoms with Gasteiger partial charge in [-0.15, -0.1) is 11.3 Å². The van der Waals surface area contributed by atoms with Crippen molar-refractivity contribution in [3.8, 4) is 0 Å². The van der Waals surface area contributed by atoms with Crippen LogP contribution in [0.4, 0.5) is 4.79 Å². The van der Waals surface area contributed by atoms with E-state index in [2.05, 4.69) is 20.8 Å². The standard InChI is InChI=1S/C14H20N4O2S/c1-10(2)13-17-12(20-18-13)6-3-7-15-14(19)16-9-11-5-4-8-21-11/h4-5,8,10H,3,6-7,9H2,1-2H3,(H2,15,16,19). The van der Waals surface area contributed by atoms with Gasteiger partial charge in [0.25, 0.3) is 0 Å². The second-order valence-corrected chi connectivity index (χ2v) is 6.03. The maximum absolute atomic E-state index is 11.6. The number of nitrogens with one attached hydrogen (secondary N) is 2. The lowest BCUT2D eigenvalue weighted by atomic mass is 10.2. The van der Waals surface area contributed by atoms with Crippen molar-refractivity contribution in [1.29, 1.82) is 0 Å². The fourth-order valence-corrected chi connectivity index (χ4v) is 2.33. The molecule has 2 heterocycles. The van der Waals surface area contributed by atoms with Gasteiger partial charge in [0.2, 0.25) is 5.89 Å². The van der Waals surface area contributed by atoms with Gasteiger partial charge in [0.1, 0.15) is 0 Å². The number of hydrogen-bond donors (Lipinski definition) is 2. The van der Waals surface area contributed by atoms with Crippen LogP contribution in [0.15, 0.2) is 22.0 Å². The average Bonchev–Trinajstić information content (AvgIpc) is 3.12. The molecular formula is C14H20N4O2S. The minimum absolute atomic E-state index is 0.156. The second-order valence-electron chi connectivity index (χ2n) is 4.99. The summed E-state index contributed by atoms with van der Waals surface area (Å²) in [6, 6.07) is 3.80. The highest BCUT2D eigenvalue weighted by molar-refractivity contribution is 7.09. The Morgan fingerprint density at radius 2 is 2.29 bits per heavy atom. The normalized spacial score (nSPS) is 10.8. The van der Waals surface area contributed by atoms with Crippen molar-refractivity contribution in [1.82, 2.24) is 20.8 Å². The van der Waals surface area contributed by atoms with E-state index in [1.54, 1.807) is 11.3 Å². The molecule has 0 saturated heterocycles. The average molecular weight is 308 g/mol. The van der Waals surface area contributed by atoms with Gasteiger partial charge in [0, 0.05) is 23.8 Å². The van der Waals surface area contributed by atoms with E-state index in [1.165, 1.54) is 0 Å². The molecule has 0 aliphatic heterocycles. The number of carbonyl (C=O) groups excluding carboxylic acids is 1. The fourth-order valence-electron chi connectivity index (χ4n) is 1.69. The summed E-state index contributed by atoms with van der Waals surface area (Å²) in [5.41, 5.74) is 0. The Bertz CT molecular complexity index is 551. The molecule has 0 aliphatic carbocycles. The Balaban J connectivity index is 1.59. The van der Waals surface area contributed by atoms with Gasteiger partial charge in [0.05, 0.1) is 6.54 Å². The van der Waals surface area contributed by atoms with Gasteiger partial charge in [-0.25, -0.2) is 4.79 Å². The zero-order valence-corrected chi connectivity index (χ0v) is 13.1. The molecule has 0 atom stereocenters. The van der Waals surface area contributed by atoms with Crippen LogP contribution >= 0.6 is 11.3 Å². The molecule has 2 rings (SSSR count). The van der Waals surface area contributed by atoms with Crippen molar-refractivity contribution in [2.75, 3.05) is 6.54 Å². The molecular weight excluding hydrogens is 288 g/mol. The van der Waals surface area contributed by atoms with Gasteiger partial charge in [-0.3, -0.25) is 0 Å². The first-order valence-electron chi connectivity index (χ1n) is 7.01. The molecule has 2 amide bonds. The minimum atomic E-state index is -0.156. The van der Waals surface area contributed by atoms with E-state index >= 15 is 0 Å². The van der Waals surface area contributed by atoms with Crippen molar-refractivity contribution in [3.63, 3.8) is 0 Å². The first kappa shape index (κ1) is 15.5. The van der Waals surface area contributed by atoms with E-state index in [0.717, 1.165) is 17.1 Å². The zero-order chi connectivity index (χ0) is 15.1. The van der Waals surface area contributed by atoms with Gasteiger partial charge in [-0.1, -0.05) is 25.1 Å². The Kier molecular flexibility index (Phi) is 5.74. The Morgan fingerprint density at radius 3 is 2.95 bits per heavy atom. The number of aromatic nitrogens is 2. The number of rotatable bonds is 7. The molecule has 6 nitrogen and oxygen atoms in total. The van der Waals surface area contributed by atoms with E-state index in [4.69, 9.17) is 4.52 Å². The first-order chi connectivity index (χ1) is 10.1. The Morgan fingerprint density at radius 1 is 1.43 bits per heavy atom. The van der Waals surface area contributed by atoms with Crippen LogP contribution in [0.3, 0.4) is 0 Å². The first-order valence-corrected chi connectivity index (χ1v) is 7.89. The van der Waals surface area contributed by atoms with E-state index in [0.29, 0.717) is 25.4 Å². The van der Waals surface area contributed by atoms with Gasteiger partial charge in [-0.05, 0) is 17.9 Å². The molecule has 0 saturated carbocycles. The van der Waals surface area contributed by atoms with E-state index < -0.39 is 0 Å². The number of amides is 2. The van der Waals surface area contributed by atoms with E-state index in [-0.39, 0.29) is 11.9 Å². The molecule has 114 valence electrons. The van der Waals surface area contributed by atoms with Crippen LogP contribution < -0.4 is 10.6 Å². The number of nitrogens with zero attached hydrogens (tertiary/aromatic N) is 2. The van der Waals surface area contributed by atoms with Crippen LogP contribution in [-0.2, 0) is 13.0 Å². The summed E-state index contributed by atoms with van der Waals surface area (Å²) >= 11 is 1.62. The molecule has 2 aromatic rings. The second kappa shape index (κ2) is 7.78. The highest BCUT2D eigenvalue weighted by Gasteiger charge is 2.09. The molecule has 21 heavy (non-hydrogen) atoms. The highest BCUT2D eigenvalue weighted by Crippen LogP contribution is 2.10. The lowest BCUT2D eigenvalue weighted by Crippen LogP contribution is -2.35. The Labute approximate surface area is 127 Å². The fraction of sp³-hybridized carbons (Fsp3) is 0.500. The molecule has 0 bridgehead atoms. The van der Waals surface area contributed by atoms with E-state index in [9.17, 15) is 4.79 Å². The van der Waals surface area contributed by atoms with Crippen LogP contribution in [0, 0.1) is 0 Å². The third-order valence-electron chi connectivity index (χ3n) is 2.86. The van der Waals surface area contributed by atoms with Crippen molar-refractivity contribution < 1.29 is 9.32 Å². The number of urea groups is 1. The zero-order valence-electron chi connectivity index (χ0n) is 12.3. The summed E-state index contributed by atoms with van der Waals surface area (Å²) < 4.78 is 5.14. The minimum Gasteiger partial charge on any atom is -0.339 e. The summed E-state index contributed by atoms with van der Waals surface area (Å²) in [7, 11) is 0. The maximum atomic E-state index is 11.6. The number of aryl methyl sites for hydroxylation is 1. The summed E-state index contributed by atoms with van der Waals surface area (Å²) in [6.07, 6.45) is 1.44. The molecule has 0 spiro atoms. The topological polar surface area (TPSA) is 80.0 Å². The van der Waals surface area contributed by atoms with Crippen molar-refractivity contribution in [2.24, 2.45) is 0 Å². The summed E-state index contributed by atoms with van der Waals surface area (Å²) in [5, 5.41) is 11.5. The van der Waals surface area contributed by atoms with Crippen LogP contribution in [0.1, 0.15) is 42.8 Å². The van der Waals surface area contributed by atoms with Gasteiger partial charge in [0.15, 0.2) is 5.82 Å². The third-order valence-corrected chi connectivity index (χ3v) is 3.73. The molecule has 0 aromatic carbocycles. The quantitative estimate of drug-likeness (QED) is 0.771. The smallest absolute Gasteiger partial charge is 0.315 e. The van der Waals surface area contributed by atoms with Crippen molar-refractivity contribution in [3.05, 3.63) is 34.1 Å². The predicted molar refractivity (Wildman–Crippen MR) is 81.3 cm³/mol. The van der Waals surface area contributed by atoms with Crippen molar-refractivity contribution >= 4 is 17.4 Å². The molecule has 0 fully saturated rings. The number of hydrogen-bond acceptors (Lipinski definition) is 5. The molecule has 2 N–H and O–H groups in total. The van der Waals surface area contributed by atoms with Gasteiger partial charge in [-0.2, -0.15) is 4.98 Å². The van der Waals surface area contributed by atoms with Crippen LogP contribution in [0.2, 0.25) is 0 Å². The van der Waals surface area contributed by atoms with Crippen LogP contribution in [0.25, 0.3) is 0 Å². The largest absolute Gasteiger partial charge is 0.339 e. The van der Waals surface area contributed by atoms with Gasteiger partial charge >= 0.3 is 6.03 Å². The summed E-state index contributed by atoms with van der Waals surface area (Å²) in [6.45, 7) is 5.18. The lowest BCUT2D eigenvalue weighted by molar-refractivity contribution is 0.240. The molecule has 0 aliphatic rings. The van der Waals surface area contributed by atoms with Crippen LogP contribution in [0.5, 0.6) is 0 Å². The Hall–Kier alpha value is -1.89. The van der Waals surface area contributed by atoms with Gasteiger partial charge < -0.3 is 15.2 Å². The molecule has 0 unspecified atom stereocenters. The summed E-state index contributed by atoms with van der Waals surface area (Å²) in [5.74, 6) is 1.62. The summed E-state index contributed by atoms with van der Waals surface area (Å²) in [4.78, 5) is 17.0. The monoisotopic (exact) mass is 308 g/mol. The lowest BCUT2D eigenvalue weighted by Gasteiger charge is -2.05. The predicted octanol–water partition coefficient (Wildman–Crippen LogP) is 2.69. The SMILES string of the molecule is CC(C)c1noc(CCCNC(=O)NCc2cccs2)n1. The van der Waals surface area contributed by atoms with Crippen molar-refractivity contribution in [2.45, 2.75) is 39.2 Å². The third kappa shape index (κ3) is 5.18. The molecule has 0 radical (unpaired) electrons. The molecule has 7 heteroatoms. The number of thiophene rings is 1. The number of carbonyl (C=O) groups is 1. The van der Waals surface area contributed by atoms with E-state index in [1.807, 2.05) is 31.4 Å². The molecule has 2 aromatic heterocycles. The maximum Gasteiger partial charge on any atom is 0.315 e. The highest BCUT2D eigenvalue weighted by atomic mass is 32.1. The van der Waals surface area contributed by atoms with Crippen LogP contribution in [-0.4, -0.2) is 22.7 Å².